The second kappa shape index (κ2) is 8.16. The van der Waals surface area contributed by atoms with Crippen molar-refractivity contribution in [2.24, 2.45) is 0 Å². The quantitative estimate of drug-likeness (QED) is 0.696. The van der Waals surface area contributed by atoms with Crippen molar-refractivity contribution in [1.29, 1.82) is 0 Å². The Kier molecular flexibility index (Phi) is 5.70. The molecular weight excluding hydrogens is 377 g/mol. The molecule has 1 amide bonds. The molecule has 1 aromatic heterocycles. The summed E-state index contributed by atoms with van der Waals surface area (Å²) in [5.74, 6) is 0.870. The highest BCUT2D eigenvalue weighted by Crippen LogP contribution is 2.20. The average molecular weight is 392 g/mol. The Labute approximate surface area is 159 Å². The molecule has 0 saturated carbocycles. The molecular formula is C17H15Cl2N5O2. The van der Waals surface area contributed by atoms with E-state index in [1.54, 1.807) is 12.1 Å². The number of tetrazole rings is 1. The number of carbonyl (C=O) groups excluding carboxylic acids is 1. The third-order valence-corrected chi connectivity index (χ3v) is 4.07. The maximum absolute atomic E-state index is 12.3. The first kappa shape index (κ1) is 18.2. The highest BCUT2D eigenvalue weighted by molar-refractivity contribution is 6.35. The van der Waals surface area contributed by atoms with Crippen molar-refractivity contribution in [2.45, 2.75) is 13.5 Å². The number of benzene rings is 2. The van der Waals surface area contributed by atoms with Gasteiger partial charge in [-0.15, -0.1) is 5.10 Å². The zero-order valence-electron chi connectivity index (χ0n) is 13.8. The van der Waals surface area contributed by atoms with E-state index >= 15 is 0 Å². The maximum Gasteiger partial charge on any atom is 0.253 e. The van der Waals surface area contributed by atoms with Crippen LogP contribution >= 0.6 is 23.2 Å². The number of nitrogens with one attached hydrogen (secondary N) is 1. The molecule has 26 heavy (non-hydrogen) atoms. The largest absolute Gasteiger partial charge is 0.494 e. The molecule has 0 atom stereocenters. The molecule has 1 N–H and O–H groups in total. The number of halogens is 2. The fourth-order valence-electron chi connectivity index (χ4n) is 2.29. The summed E-state index contributed by atoms with van der Waals surface area (Å²) in [5, 5.41) is 15.1. The van der Waals surface area contributed by atoms with E-state index in [2.05, 4.69) is 20.8 Å². The zero-order valence-corrected chi connectivity index (χ0v) is 15.3. The van der Waals surface area contributed by atoms with Crippen LogP contribution in [0.15, 0.2) is 42.5 Å². The first-order valence-corrected chi connectivity index (χ1v) is 8.58. The highest BCUT2D eigenvalue weighted by atomic mass is 35.5. The van der Waals surface area contributed by atoms with Crippen LogP contribution in [-0.4, -0.2) is 32.7 Å². The molecule has 0 saturated heterocycles. The molecule has 0 spiro atoms. The van der Waals surface area contributed by atoms with Crippen LogP contribution in [0.2, 0.25) is 10.0 Å². The van der Waals surface area contributed by atoms with Crippen molar-refractivity contribution in [3.63, 3.8) is 0 Å². The van der Waals surface area contributed by atoms with E-state index in [0.29, 0.717) is 28.0 Å². The lowest BCUT2D eigenvalue weighted by atomic mass is 10.2. The van der Waals surface area contributed by atoms with Gasteiger partial charge in [-0.25, -0.2) is 0 Å². The number of rotatable bonds is 6. The summed E-state index contributed by atoms with van der Waals surface area (Å²) in [6.45, 7) is 2.64. The van der Waals surface area contributed by atoms with E-state index in [4.69, 9.17) is 27.9 Å². The highest BCUT2D eigenvalue weighted by Gasteiger charge is 2.14. The molecule has 9 heteroatoms. The molecule has 0 unspecified atom stereocenters. The SMILES string of the molecule is CCOc1ccc(-n2nnnc2CNC(=O)c2cc(Cl)ccc2Cl)cc1. The van der Waals surface area contributed by atoms with Gasteiger partial charge >= 0.3 is 0 Å². The molecule has 0 bridgehead atoms. The van der Waals surface area contributed by atoms with Crippen molar-refractivity contribution in [2.75, 3.05) is 6.61 Å². The third kappa shape index (κ3) is 4.12. The predicted octanol–water partition coefficient (Wildman–Crippen LogP) is 3.30. The van der Waals surface area contributed by atoms with E-state index < -0.39 is 0 Å². The van der Waals surface area contributed by atoms with Gasteiger partial charge in [0.05, 0.1) is 29.4 Å². The van der Waals surface area contributed by atoms with Crippen molar-refractivity contribution in [3.05, 3.63) is 63.9 Å². The number of carbonyl (C=O) groups is 1. The van der Waals surface area contributed by atoms with Crippen LogP contribution in [0, 0.1) is 0 Å². The number of hydrogen-bond donors (Lipinski definition) is 1. The monoisotopic (exact) mass is 391 g/mol. The molecule has 0 aliphatic carbocycles. The van der Waals surface area contributed by atoms with Crippen molar-refractivity contribution >= 4 is 29.1 Å². The number of amides is 1. The third-order valence-electron chi connectivity index (χ3n) is 3.51. The summed E-state index contributed by atoms with van der Waals surface area (Å²) in [6.07, 6.45) is 0. The lowest BCUT2D eigenvalue weighted by Gasteiger charge is -2.08. The van der Waals surface area contributed by atoms with Gasteiger partial charge in [0.15, 0.2) is 5.82 Å². The molecule has 0 aliphatic rings. The van der Waals surface area contributed by atoms with Gasteiger partial charge in [0.25, 0.3) is 5.91 Å². The van der Waals surface area contributed by atoms with Gasteiger partial charge < -0.3 is 10.1 Å². The maximum atomic E-state index is 12.3. The first-order valence-electron chi connectivity index (χ1n) is 7.82. The van der Waals surface area contributed by atoms with Crippen molar-refractivity contribution in [1.82, 2.24) is 25.5 Å². The van der Waals surface area contributed by atoms with Crippen LogP contribution in [0.1, 0.15) is 23.1 Å². The molecule has 0 radical (unpaired) electrons. The van der Waals surface area contributed by atoms with Crippen molar-refractivity contribution < 1.29 is 9.53 Å². The van der Waals surface area contributed by atoms with Gasteiger partial charge in [-0.2, -0.15) is 4.68 Å². The number of hydrogen-bond acceptors (Lipinski definition) is 5. The lowest BCUT2D eigenvalue weighted by molar-refractivity contribution is 0.0950. The summed E-state index contributed by atoms with van der Waals surface area (Å²) in [4.78, 5) is 12.3. The Balaban J connectivity index is 1.73. The summed E-state index contributed by atoms with van der Waals surface area (Å²) in [5.41, 5.74) is 1.04. The fourth-order valence-corrected chi connectivity index (χ4v) is 2.67. The molecule has 3 rings (SSSR count). The molecule has 1 heterocycles. The summed E-state index contributed by atoms with van der Waals surface area (Å²) < 4.78 is 6.95. The second-order valence-corrected chi connectivity index (χ2v) is 6.08. The molecule has 2 aromatic carbocycles. The molecule has 0 fully saturated rings. The Morgan fingerprint density at radius 3 is 2.69 bits per heavy atom. The Bertz CT molecular complexity index is 912. The number of aromatic nitrogens is 4. The van der Waals surface area contributed by atoms with Gasteiger partial charge in [0, 0.05) is 5.02 Å². The van der Waals surface area contributed by atoms with E-state index in [0.717, 1.165) is 11.4 Å². The van der Waals surface area contributed by atoms with Gasteiger partial charge in [-0.3, -0.25) is 4.79 Å². The van der Waals surface area contributed by atoms with Crippen molar-refractivity contribution in [3.8, 4) is 11.4 Å². The van der Waals surface area contributed by atoms with E-state index in [9.17, 15) is 4.79 Å². The summed E-state index contributed by atoms with van der Waals surface area (Å²) >= 11 is 12.0. The average Bonchev–Trinajstić information content (AvgIpc) is 3.11. The number of ether oxygens (including phenoxy) is 1. The fraction of sp³-hybridized carbons (Fsp3) is 0.176. The van der Waals surface area contributed by atoms with Crippen LogP contribution in [0.5, 0.6) is 5.75 Å². The Hall–Kier alpha value is -2.64. The minimum absolute atomic E-state index is 0.127. The standard InChI is InChI=1S/C17H15Cl2N5O2/c1-2-26-13-6-4-12(5-7-13)24-16(21-22-23-24)10-20-17(25)14-9-11(18)3-8-15(14)19/h3-9H,2,10H2,1H3,(H,20,25). The molecule has 0 aliphatic heterocycles. The Morgan fingerprint density at radius 2 is 1.96 bits per heavy atom. The lowest BCUT2D eigenvalue weighted by Crippen LogP contribution is -2.25. The minimum Gasteiger partial charge on any atom is -0.494 e. The van der Waals surface area contributed by atoms with E-state index in [1.807, 2.05) is 31.2 Å². The normalized spacial score (nSPS) is 10.6. The van der Waals surface area contributed by atoms with Gasteiger partial charge in [0.1, 0.15) is 5.75 Å². The van der Waals surface area contributed by atoms with E-state index in [1.165, 1.54) is 10.7 Å². The van der Waals surface area contributed by atoms with Gasteiger partial charge in [-0.1, -0.05) is 23.2 Å². The summed E-state index contributed by atoms with van der Waals surface area (Å²) in [7, 11) is 0. The van der Waals surface area contributed by atoms with E-state index in [-0.39, 0.29) is 12.5 Å². The number of nitrogens with zero attached hydrogens (tertiary/aromatic N) is 4. The van der Waals surface area contributed by atoms with Crippen LogP contribution in [0.25, 0.3) is 5.69 Å². The van der Waals surface area contributed by atoms with Gasteiger partial charge in [0.2, 0.25) is 0 Å². The predicted molar refractivity (Wildman–Crippen MR) is 98.0 cm³/mol. The molecule has 3 aromatic rings. The summed E-state index contributed by atoms with van der Waals surface area (Å²) in [6, 6.07) is 12.0. The minimum atomic E-state index is -0.362. The Morgan fingerprint density at radius 1 is 1.19 bits per heavy atom. The van der Waals surface area contributed by atoms with Crippen LogP contribution in [0.4, 0.5) is 0 Å². The van der Waals surface area contributed by atoms with Crippen LogP contribution in [-0.2, 0) is 6.54 Å². The molecule has 7 nitrogen and oxygen atoms in total. The van der Waals surface area contributed by atoms with Crippen LogP contribution in [0.3, 0.4) is 0 Å². The first-order chi connectivity index (χ1) is 12.6. The zero-order chi connectivity index (χ0) is 18.5. The topological polar surface area (TPSA) is 81.9 Å². The molecule has 134 valence electrons. The smallest absolute Gasteiger partial charge is 0.253 e. The van der Waals surface area contributed by atoms with Crippen LogP contribution < -0.4 is 10.1 Å². The van der Waals surface area contributed by atoms with Gasteiger partial charge in [-0.05, 0) is 59.8 Å². The second-order valence-electron chi connectivity index (χ2n) is 5.24.